The summed E-state index contributed by atoms with van der Waals surface area (Å²) >= 11 is 0. The van der Waals surface area contributed by atoms with Gasteiger partial charge in [0.1, 0.15) is 5.75 Å². The molecule has 0 bridgehead atoms. The van der Waals surface area contributed by atoms with Crippen LogP contribution >= 0.6 is 0 Å². The van der Waals surface area contributed by atoms with Gasteiger partial charge in [0.15, 0.2) is 0 Å². The highest BCUT2D eigenvalue weighted by molar-refractivity contribution is 5.97. The van der Waals surface area contributed by atoms with E-state index < -0.39 is 18.0 Å². The van der Waals surface area contributed by atoms with E-state index in [0.717, 1.165) is 0 Å². The summed E-state index contributed by atoms with van der Waals surface area (Å²) in [4.78, 5) is 36.6. The van der Waals surface area contributed by atoms with E-state index in [1.165, 1.54) is 17.0 Å². The SMILES string of the molecule is CCNC(=O)NC(=O)C(C)N(C)CC(=O)Nc1ccc(O)cc1. The molecule has 8 heteroatoms. The molecule has 1 unspecified atom stereocenters. The molecule has 1 aromatic carbocycles. The molecule has 0 aliphatic carbocycles. The number of imide groups is 1. The predicted molar refractivity (Wildman–Crippen MR) is 86.0 cm³/mol. The zero-order chi connectivity index (χ0) is 17.4. The highest BCUT2D eigenvalue weighted by atomic mass is 16.3. The molecule has 0 aliphatic heterocycles. The lowest BCUT2D eigenvalue weighted by molar-refractivity contribution is -0.125. The van der Waals surface area contributed by atoms with Crippen LogP contribution < -0.4 is 16.0 Å². The number of hydrogen-bond donors (Lipinski definition) is 4. The van der Waals surface area contributed by atoms with Crippen LogP contribution in [0.25, 0.3) is 0 Å². The van der Waals surface area contributed by atoms with E-state index in [2.05, 4.69) is 16.0 Å². The van der Waals surface area contributed by atoms with Crippen molar-refractivity contribution < 1.29 is 19.5 Å². The number of nitrogens with one attached hydrogen (secondary N) is 3. The van der Waals surface area contributed by atoms with Gasteiger partial charge in [-0.2, -0.15) is 0 Å². The van der Waals surface area contributed by atoms with E-state index in [0.29, 0.717) is 12.2 Å². The molecule has 4 N–H and O–H groups in total. The fraction of sp³-hybridized carbons (Fsp3) is 0.400. The number of aromatic hydroxyl groups is 1. The molecule has 126 valence electrons. The van der Waals surface area contributed by atoms with Crippen LogP contribution in [0.1, 0.15) is 13.8 Å². The molecule has 23 heavy (non-hydrogen) atoms. The Morgan fingerprint density at radius 3 is 2.39 bits per heavy atom. The summed E-state index contributed by atoms with van der Waals surface area (Å²) in [6.07, 6.45) is 0. The summed E-state index contributed by atoms with van der Waals surface area (Å²) in [5, 5.41) is 16.5. The van der Waals surface area contributed by atoms with Crippen LogP contribution in [0.3, 0.4) is 0 Å². The van der Waals surface area contributed by atoms with Crippen LogP contribution in [0, 0.1) is 0 Å². The average molecular weight is 322 g/mol. The molecule has 0 fully saturated rings. The third kappa shape index (κ3) is 6.35. The van der Waals surface area contributed by atoms with E-state index in [4.69, 9.17) is 0 Å². The molecule has 0 saturated carbocycles. The van der Waals surface area contributed by atoms with Crippen molar-refractivity contribution in [1.29, 1.82) is 0 Å². The first kappa shape index (κ1) is 18.4. The van der Waals surface area contributed by atoms with Gasteiger partial charge >= 0.3 is 6.03 Å². The van der Waals surface area contributed by atoms with Gasteiger partial charge in [-0.15, -0.1) is 0 Å². The molecule has 1 aromatic rings. The number of phenolic OH excluding ortho intramolecular Hbond substituents is 1. The van der Waals surface area contributed by atoms with Crippen molar-refractivity contribution in [2.24, 2.45) is 0 Å². The zero-order valence-corrected chi connectivity index (χ0v) is 13.4. The number of rotatable bonds is 6. The number of hydrogen-bond acceptors (Lipinski definition) is 5. The average Bonchev–Trinajstić information content (AvgIpc) is 2.48. The Hall–Kier alpha value is -2.61. The monoisotopic (exact) mass is 322 g/mol. The van der Waals surface area contributed by atoms with Crippen LogP contribution in [0.5, 0.6) is 5.75 Å². The summed E-state index contributed by atoms with van der Waals surface area (Å²) in [7, 11) is 1.61. The lowest BCUT2D eigenvalue weighted by Gasteiger charge is -2.22. The first-order valence-electron chi connectivity index (χ1n) is 7.21. The summed E-state index contributed by atoms with van der Waals surface area (Å²) in [6, 6.07) is 4.84. The van der Waals surface area contributed by atoms with E-state index in [9.17, 15) is 19.5 Å². The minimum Gasteiger partial charge on any atom is -0.508 e. The predicted octanol–water partition coefficient (Wildman–Crippen LogP) is 0.497. The molecule has 0 aromatic heterocycles. The van der Waals surface area contributed by atoms with Crippen LogP contribution in [0.2, 0.25) is 0 Å². The van der Waals surface area contributed by atoms with Crippen LogP contribution in [0.4, 0.5) is 10.5 Å². The van der Waals surface area contributed by atoms with Crippen molar-refractivity contribution >= 4 is 23.5 Å². The smallest absolute Gasteiger partial charge is 0.321 e. The number of nitrogens with zero attached hydrogens (tertiary/aromatic N) is 1. The molecule has 0 radical (unpaired) electrons. The Labute approximate surface area is 134 Å². The van der Waals surface area contributed by atoms with Gasteiger partial charge in [0, 0.05) is 12.2 Å². The van der Waals surface area contributed by atoms with Crippen molar-refractivity contribution in [2.45, 2.75) is 19.9 Å². The number of anilines is 1. The molecule has 1 atom stereocenters. The van der Waals surface area contributed by atoms with Crippen molar-refractivity contribution in [3.63, 3.8) is 0 Å². The zero-order valence-electron chi connectivity index (χ0n) is 13.4. The van der Waals surface area contributed by atoms with Gasteiger partial charge < -0.3 is 15.7 Å². The quantitative estimate of drug-likeness (QED) is 0.570. The minimum atomic E-state index is -0.650. The number of phenols is 1. The van der Waals surface area contributed by atoms with Gasteiger partial charge in [0.2, 0.25) is 11.8 Å². The standard InChI is InChI=1S/C15H22N4O4/c1-4-16-15(23)18-14(22)10(2)19(3)9-13(21)17-11-5-7-12(20)8-6-11/h5-8,10,20H,4,9H2,1-3H3,(H,17,21)(H2,16,18,22,23). The third-order valence-corrected chi connectivity index (χ3v) is 3.16. The highest BCUT2D eigenvalue weighted by Gasteiger charge is 2.21. The normalized spacial score (nSPS) is 11.7. The van der Waals surface area contributed by atoms with Gasteiger partial charge in [-0.05, 0) is 45.2 Å². The first-order valence-corrected chi connectivity index (χ1v) is 7.21. The lowest BCUT2D eigenvalue weighted by atomic mass is 10.2. The highest BCUT2D eigenvalue weighted by Crippen LogP contribution is 2.13. The maximum absolute atomic E-state index is 11.9. The molecule has 8 nitrogen and oxygen atoms in total. The second-order valence-electron chi connectivity index (χ2n) is 5.03. The Bertz CT molecular complexity index is 559. The molecule has 4 amide bonds. The van der Waals surface area contributed by atoms with E-state index in [1.807, 2.05) is 0 Å². The van der Waals surface area contributed by atoms with E-state index >= 15 is 0 Å². The van der Waals surface area contributed by atoms with Gasteiger partial charge in [-0.3, -0.25) is 19.8 Å². The van der Waals surface area contributed by atoms with Gasteiger partial charge in [-0.25, -0.2) is 4.79 Å². The molecular weight excluding hydrogens is 300 g/mol. The number of amides is 4. The summed E-state index contributed by atoms with van der Waals surface area (Å²) in [6.45, 7) is 3.74. The van der Waals surface area contributed by atoms with Gasteiger partial charge in [-0.1, -0.05) is 0 Å². The second-order valence-corrected chi connectivity index (χ2v) is 5.03. The largest absolute Gasteiger partial charge is 0.508 e. The topological polar surface area (TPSA) is 111 Å². The van der Waals surface area contributed by atoms with Gasteiger partial charge in [0.25, 0.3) is 0 Å². The summed E-state index contributed by atoms with van der Waals surface area (Å²) in [5.74, 6) is -0.692. The number of carbonyl (C=O) groups is 3. The Balaban J connectivity index is 2.48. The molecule has 0 heterocycles. The van der Waals surface area contributed by atoms with Crippen LogP contribution in [-0.2, 0) is 9.59 Å². The summed E-state index contributed by atoms with van der Waals surface area (Å²) < 4.78 is 0. The van der Waals surface area contributed by atoms with Crippen molar-refractivity contribution in [1.82, 2.24) is 15.5 Å². The lowest BCUT2D eigenvalue weighted by Crippen LogP contribution is -2.49. The number of urea groups is 1. The van der Waals surface area contributed by atoms with Crippen molar-refractivity contribution in [3.05, 3.63) is 24.3 Å². The Kier molecular flexibility index (Phi) is 7.01. The van der Waals surface area contributed by atoms with Crippen LogP contribution in [0.15, 0.2) is 24.3 Å². The number of benzene rings is 1. The molecule has 0 spiro atoms. The molecular formula is C15H22N4O4. The maximum Gasteiger partial charge on any atom is 0.321 e. The fourth-order valence-electron chi connectivity index (χ4n) is 1.73. The third-order valence-electron chi connectivity index (χ3n) is 3.16. The summed E-state index contributed by atoms with van der Waals surface area (Å²) in [5.41, 5.74) is 0.542. The fourth-order valence-corrected chi connectivity index (χ4v) is 1.73. The molecule has 0 saturated heterocycles. The van der Waals surface area contributed by atoms with Crippen molar-refractivity contribution in [3.8, 4) is 5.75 Å². The number of carbonyl (C=O) groups excluding carboxylic acids is 3. The van der Waals surface area contributed by atoms with Crippen molar-refractivity contribution in [2.75, 3.05) is 25.5 Å². The van der Waals surface area contributed by atoms with Crippen LogP contribution in [-0.4, -0.2) is 54.0 Å². The molecule has 1 rings (SSSR count). The minimum absolute atomic E-state index is 0.0230. The van der Waals surface area contributed by atoms with Gasteiger partial charge in [0.05, 0.1) is 12.6 Å². The maximum atomic E-state index is 11.9. The Morgan fingerprint density at radius 1 is 1.22 bits per heavy atom. The van der Waals surface area contributed by atoms with E-state index in [-0.39, 0.29) is 18.2 Å². The number of likely N-dealkylation sites (N-methyl/N-ethyl adjacent to an activating group) is 1. The Morgan fingerprint density at radius 2 is 1.83 bits per heavy atom. The second kappa shape index (κ2) is 8.74. The molecule has 0 aliphatic rings. The first-order chi connectivity index (χ1) is 10.8. The van der Waals surface area contributed by atoms with E-state index in [1.54, 1.807) is 33.0 Å².